The molecule has 0 saturated carbocycles. The second-order valence-electron chi connectivity index (χ2n) is 7.42. The van der Waals surface area contributed by atoms with E-state index in [4.69, 9.17) is 11.6 Å². The molecule has 168 valence electrons. The number of halogens is 2. The van der Waals surface area contributed by atoms with Crippen LogP contribution in [-0.4, -0.2) is 32.3 Å². The normalized spacial score (nSPS) is 11.9. The second-order valence-corrected chi connectivity index (χ2v) is 8.77. The van der Waals surface area contributed by atoms with E-state index in [1.807, 2.05) is 13.8 Å². The van der Waals surface area contributed by atoms with Gasteiger partial charge in [-0.05, 0) is 42.3 Å². The summed E-state index contributed by atoms with van der Waals surface area (Å²) in [4.78, 5) is 25.0. The van der Waals surface area contributed by atoms with E-state index >= 15 is 0 Å². The molecule has 0 fully saturated rings. The van der Waals surface area contributed by atoms with Crippen molar-refractivity contribution >= 4 is 40.9 Å². The monoisotopic (exact) mass is 475 g/mol. The first-order chi connectivity index (χ1) is 15.3. The Balaban J connectivity index is 1.67. The summed E-state index contributed by atoms with van der Waals surface area (Å²) in [7, 11) is 1.78. The first kappa shape index (κ1) is 23.7. The first-order valence-corrected chi connectivity index (χ1v) is 11.3. The van der Waals surface area contributed by atoms with Gasteiger partial charge in [-0.25, -0.2) is 4.39 Å². The Morgan fingerprint density at radius 3 is 2.47 bits per heavy atom. The van der Waals surface area contributed by atoms with Crippen molar-refractivity contribution in [2.45, 2.75) is 25.0 Å². The Bertz CT molecular complexity index is 1100. The Morgan fingerprint density at radius 2 is 1.81 bits per heavy atom. The predicted octanol–water partition coefficient (Wildman–Crippen LogP) is 4.47. The Kier molecular flexibility index (Phi) is 7.87. The number of nitrogens with zero attached hydrogens (tertiary/aromatic N) is 3. The molecule has 1 atom stereocenters. The van der Waals surface area contributed by atoms with Crippen molar-refractivity contribution in [1.29, 1.82) is 0 Å². The largest absolute Gasteiger partial charge is 0.342 e. The maximum atomic E-state index is 13.0. The molecule has 2 amide bonds. The molecule has 1 heterocycles. The molecule has 10 heteroatoms. The van der Waals surface area contributed by atoms with Gasteiger partial charge in [0.2, 0.25) is 5.91 Å². The van der Waals surface area contributed by atoms with E-state index in [0.29, 0.717) is 27.3 Å². The van der Waals surface area contributed by atoms with Gasteiger partial charge in [0, 0.05) is 12.7 Å². The lowest BCUT2D eigenvalue weighted by Gasteiger charge is -2.22. The van der Waals surface area contributed by atoms with Gasteiger partial charge in [0.25, 0.3) is 5.91 Å². The number of nitrogens with one attached hydrogen (secondary N) is 2. The third kappa shape index (κ3) is 5.86. The molecule has 0 aliphatic carbocycles. The number of rotatable bonds is 8. The van der Waals surface area contributed by atoms with Gasteiger partial charge in [-0.3, -0.25) is 9.59 Å². The molecule has 0 saturated heterocycles. The Hall–Kier alpha value is -2.91. The van der Waals surface area contributed by atoms with Gasteiger partial charge in [0.1, 0.15) is 5.82 Å². The number of aromatic nitrogens is 3. The van der Waals surface area contributed by atoms with Gasteiger partial charge < -0.3 is 15.2 Å². The number of benzene rings is 2. The van der Waals surface area contributed by atoms with E-state index in [2.05, 4.69) is 20.8 Å². The van der Waals surface area contributed by atoms with Gasteiger partial charge in [0.15, 0.2) is 11.0 Å². The van der Waals surface area contributed by atoms with Crippen LogP contribution in [-0.2, 0) is 11.8 Å². The lowest BCUT2D eigenvalue weighted by Crippen LogP contribution is -2.33. The minimum absolute atomic E-state index is 0.0314. The summed E-state index contributed by atoms with van der Waals surface area (Å²) in [6.07, 6.45) is 0. The maximum absolute atomic E-state index is 13.0. The van der Waals surface area contributed by atoms with Crippen LogP contribution in [0.4, 0.5) is 10.1 Å². The summed E-state index contributed by atoms with van der Waals surface area (Å²) < 4.78 is 14.7. The maximum Gasteiger partial charge on any atom is 0.253 e. The summed E-state index contributed by atoms with van der Waals surface area (Å²) in [6, 6.07) is 12.0. The number of carbonyl (C=O) groups excluding carboxylic acids is 2. The number of carbonyl (C=O) groups is 2. The second kappa shape index (κ2) is 10.6. The van der Waals surface area contributed by atoms with Crippen molar-refractivity contribution in [2.24, 2.45) is 13.0 Å². The fraction of sp³-hybridized carbons (Fsp3) is 0.273. The molecule has 0 radical (unpaired) electrons. The predicted molar refractivity (Wildman–Crippen MR) is 123 cm³/mol. The van der Waals surface area contributed by atoms with Crippen molar-refractivity contribution in [1.82, 2.24) is 20.1 Å². The number of hydrogen-bond donors (Lipinski definition) is 2. The van der Waals surface area contributed by atoms with Gasteiger partial charge in [-0.2, -0.15) is 0 Å². The topological polar surface area (TPSA) is 88.9 Å². The van der Waals surface area contributed by atoms with Gasteiger partial charge in [-0.15, -0.1) is 10.2 Å². The SMILES string of the molecule is CC(C)C(NC(=O)c1ccccc1Cl)c1nnc(SCC(=O)Nc2ccc(F)cc2)n1C. The lowest BCUT2D eigenvalue weighted by molar-refractivity contribution is -0.113. The van der Waals surface area contributed by atoms with Crippen LogP contribution in [0.5, 0.6) is 0 Å². The highest BCUT2D eigenvalue weighted by Crippen LogP contribution is 2.25. The van der Waals surface area contributed by atoms with Crippen LogP contribution in [0.3, 0.4) is 0 Å². The van der Waals surface area contributed by atoms with Crippen LogP contribution in [0.1, 0.15) is 36.1 Å². The minimum atomic E-state index is -0.404. The van der Waals surface area contributed by atoms with Crippen molar-refractivity contribution in [3.05, 3.63) is 70.8 Å². The number of amides is 2. The molecule has 0 aliphatic rings. The third-order valence-corrected chi connectivity index (χ3v) is 6.03. The zero-order chi connectivity index (χ0) is 23.3. The molecule has 1 aromatic heterocycles. The first-order valence-electron chi connectivity index (χ1n) is 9.89. The van der Waals surface area contributed by atoms with Crippen LogP contribution in [0.25, 0.3) is 0 Å². The number of thioether (sulfide) groups is 1. The number of anilines is 1. The molecular weight excluding hydrogens is 453 g/mol. The minimum Gasteiger partial charge on any atom is -0.342 e. The molecule has 32 heavy (non-hydrogen) atoms. The summed E-state index contributed by atoms with van der Waals surface area (Å²) in [5.41, 5.74) is 0.895. The molecular formula is C22H23ClFN5O2S. The Morgan fingerprint density at radius 1 is 1.12 bits per heavy atom. The van der Waals surface area contributed by atoms with Crippen molar-refractivity contribution in [3.63, 3.8) is 0 Å². The lowest BCUT2D eigenvalue weighted by atomic mass is 10.0. The molecule has 0 spiro atoms. The average Bonchev–Trinajstić information content (AvgIpc) is 3.12. The molecule has 1 unspecified atom stereocenters. The molecule has 2 aromatic carbocycles. The standard InChI is InChI=1S/C22H23ClFN5O2S/c1-13(2)19(26-21(31)16-6-4-5-7-17(16)23)20-27-28-22(29(20)3)32-12-18(30)25-15-10-8-14(24)9-11-15/h4-11,13,19H,12H2,1-3H3,(H,25,30)(H,26,31). The molecule has 3 rings (SSSR count). The number of hydrogen-bond acceptors (Lipinski definition) is 5. The van der Waals surface area contributed by atoms with Crippen LogP contribution in [0, 0.1) is 11.7 Å². The fourth-order valence-corrected chi connectivity index (χ4v) is 3.92. The third-order valence-electron chi connectivity index (χ3n) is 4.68. The van der Waals surface area contributed by atoms with Crippen LogP contribution >= 0.6 is 23.4 Å². The zero-order valence-electron chi connectivity index (χ0n) is 17.8. The fourth-order valence-electron chi connectivity index (χ4n) is 2.98. The van der Waals surface area contributed by atoms with Crippen molar-refractivity contribution in [2.75, 3.05) is 11.1 Å². The van der Waals surface area contributed by atoms with Crippen LogP contribution < -0.4 is 10.6 Å². The summed E-state index contributed by atoms with van der Waals surface area (Å²) >= 11 is 7.36. The molecule has 0 aliphatic heterocycles. The zero-order valence-corrected chi connectivity index (χ0v) is 19.4. The van der Waals surface area contributed by atoms with Crippen molar-refractivity contribution < 1.29 is 14.0 Å². The van der Waals surface area contributed by atoms with Gasteiger partial charge >= 0.3 is 0 Å². The summed E-state index contributed by atoms with van der Waals surface area (Å²) in [5, 5.41) is 15.0. The molecule has 0 bridgehead atoms. The summed E-state index contributed by atoms with van der Waals surface area (Å²) in [5.74, 6) is -0.221. The smallest absolute Gasteiger partial charge is 0.253 e. The van der Waals surface area contributed by atoms with E-state index in [-0.39, 0.29) is 29.3 Å². The van der Waals surface area contributed by atoms with E-state index < -0.39 is 6.04 Å². The van der Waals surface area contributed by atoms with Crippen LogP contribution in [0.15, 0.2) is 53.7 Å². The quantitative estimate of drug-likeness (QED) is 0.469. The van der Waals surface area contributed by atoms with Gasteiger partial charge in [-0.1, -0.05) is 49.3 Å². The van der Waals surface area contributed by atoms with Crippen molar-refractivity contribution in [3.8, 4) is 0 Å². The molecule has 2 N–H and O–H groups in total. The molecule has 3 aromatic rings. The Labute approximate surface area is 194 Å². The van der Waals surface area contributed by atoms with Crippen LogP contribution in [0.2, 0.25) is 5.02 Å². The highest BCUT2D eigenvalue weighted by atomic mass is 35.5. The average molecular weight is 476 g/mol. The van der Waals surface area contributed by atoms with E-state index in [9.17, 15) is 14.0 Å². The molecule has 7 nitrogen and oxygen atoms in total. The highest BCUT2D eigenvalue weighted by Gasteiger charge is 2.26. The van der Waals surface area contributed by atoms with E-state index in [1.165, 1.54) is 36.0 Å². The van der Waals surface area contributed by atoms with E-state index in [1.54, 1.807) is 35.9 Å². The van der Waals surface area contributed by atoms with E-state index in [0.717, 1.165) is 0 Å². The summed E-state index contributed by atoms with van der Waals surface area (Å²) in [6.45, 7) is 3.93. The highest BCUT2D eigenvalue weighted by molar-refractivity contribution is 7.99. The van der Waals surface area contributed by atoms with Gasteiger partial charge in [0.05, 0.1) is 22.4 Å².